The minimum Gasteiger partial charge on any atom is -0.227 e. The standard InChI is InChI=1S/C7H12N4/c1-5(2)11-7(6-3-4-6)8-9-10-11/h5-6H,3-4H2,1-2H3. The number of hydrogen-bond acceptors (Lipinski definition) is 3. The van der Waals surface area contributed by atoms with Crippen LogP contribution in [0.3, 0.4) is 0 Å². The average molecular weight is 152 g/mol. The van der Waals surface area contributed by atoms with Crippen molar-refractivity contribution < 1.29 is 0 Å². The fourth-order valence-corrected chi connectivity index (χ4v) is 1.18. The van der Waals surface area contributed by atoms with Crippen LogP contribution in [-0.4, -0.2) is 20.2 Å². The van der Waals surface area contributed by atoms with Crippen molar-refractivity contribution in [1.29, 1.82) is 0 Å². The molecule has 1 aromatic heterocycles. The summed E-state index contributed by atoms with van der Waals surface area (Å²) in [5.74, 6) is 1.72. The van der Waals surface area contributed by atoms with E-state index in [0.29, 0.717) is 12.0 Å². The maximum absolute atomic E-state index is 4.00. The average Bonchev–Trinajstić information content (AvgIpc) is 2.68. The van der Waals surface area contributed by atoms with Gasteiger partial charge in [0, 0.05) is 5.92 Å². The molecule has 1 fully saturated rings. The van der Waals surface area contributed by atoms with Crippen molar-refractivity contribution >= 4 is 0 Å². The third-order valence-electron chi connectivity index (χ3n) is 1.95. The van der Waals surface area contributed by atoms with Crippen LogP contribution in [0.4, 0.5) is 0 Å². The van der Waals surface area contributed by atoms with Gasteiger partial charge in [0.25, 0.3) is 0 Å². The number of hydrogen-bond donors (Lipinski definition) is 0. The molecule has 0 bridgehead atoms. The van der Waals surface area contributed by atoms with E-state index in [1.54, 1.807) is 0 Å². The number of aromatic nitrogens is 4. The highest BCUT2D eigenvalue weighted by molar-refractivity contribution is 5.03. The fraction of sp³-hybridized carbons (Fsp3) is 0.857. The molecule has 60 valence electrons. The molecule has 0 aromatic carbocycles. The number of rotatable bonds is 2. The summed E-state index contributed by atoms with van der Waals surface area (Å²) in [6.45, 7) is 4.20. The van der Waals surface area contributed by atoms with Gasteiger partial charge in [0.2, 0.25) is 0 Å². The Morgan fingerprint density at radius 1 is 1.45 bits per heavy atom. The van der Waals surface area contributed by atoms with Gasteiger partial charge in [0.15, 0.2) is 5.82 Å². The van der Waals surface area contributed by atoms with Gasteiger partial charge in [-0.1, -0.05) is 0 Å². The molecule has 1 aliphatic rings. The van der Waals surface area contributed by atoms with Gasteiger partial charge in [-0.3, -0.25) is 0 Å². The van der Waals surface area contributed by atoms with E-state index in [9.17, 15) is 0 Å². The lowest BCUT2D eigenvalue weighted by molar-refractivity contribution is 0.494. The predicted octanol–water partition coefficient (Wildman–Crippen LogP) is 1.13. The topological polar surface area (TPSA) is 43.6 Å². The van der Waals surface area contributed by atoms with Gasteiger partial charge in [0.05, 0.1) is 6.04 Å². The van der Waals surface area contributed by atoms with Gasteiger partial charge in [-0.25, -0.2) is 4.68 Å². The molecule has 0 spiro atoms. The molecule has 0 atom stereocenters. The minimum atomic E-state index is 0.389. The first-order valence-electron chi connectivity index (χ1n) is 4.07. The fourth-order valence-electron chi connectivity index (χ4n) is 1.18. The second-order valence-corrected chi connectivity index (χ2v) is 3.35. The highest BCUT2D eigenvalue weighted by Gasteiger charge is 2.29. The molecule has 0 amide bonds. The van der Waals surface area contributed by atoms with E-state index in [4.69, 9.17) is 0 Å². The molecule has 1 aromatic rings. The lowest BCUT2D eigenvalue weighted by Gasteiger charge is -2.05. The molecular weight excluding hydrogens is 140 g/mol. The smallest absolute Gasteiger partial charge is 0.154 e. The van der Waals surface area contributed by atoms with E-state index >= 15 is 0 Å². The summed E-state index contributed by atoms with van der Waals surface area (Å²) >= 11 is 0. The van der Waals surface area contributed by atoms with E-state index in [2.05, 4.69) is 29.4 Å². The normalized spacial score (nSPS) is 17.7. The molecule has 1 heterocycles. The van der Waals surface area contributed by atoms with Gasteiger partial charge >= 0.3 is 0 Å². The molecule has 0 aliphatic heterocycles. The van der Waals surface area contributed by atoms with Crippen molar-refractivity contribution in [3.8, 4) is 0 Å². The van der Waals surface area contributed by atoms with Gasteiger partial charge in [0.1, 0.15) is 0 Å². The summed E-state index contributed by atoms with van der Waals surface area (Å²) in [6, 6.07) is 0.389. The Balaban J connectivity index is 2.30. The van der Waals surface area contributed by atoms with E-state index in [0.717, 1.165) is 5.82 Å². The molecule has 11 heavy (non-hydrogen) atoms. The molecule has 1 aliphatic carbocycles. The van der Waals surface area contributed by atoms with E-state index in [-0.39, 0.29) is 0 Å². The Bertz CT molecular complexity index is 232. The van der Waals surface area contributed by atoms with Crippen molar-refractivity contribution in [2.24, 2.45) is 0 Å². The van der Waals surface area contributed by atoms with Gasteiger partial charge in [-0.2, -0.15) is 0 Å². The summed E-state index contributed by atoms with van der Waals surface area (Å²) in [6.07, 6.45) is 2.51. The van der Waals surface area contributed by atoms with E-state index in [1.165, 1.54) is 12.8 Å². The predicted molar refractivity (Wildman–Crippen MR) is 40.2 cm³/mol. The first kappa shape index (κ1) is 6.76. The summed E-state index contributed by atoms with van der Waals surface area (Å²) in [4.78, 5) is 0. The Kier molecular flexibility index (Phi) is 1.41. The highest BCUT2D eigenvalue weighted by Crippen LogP contribution is 2.38. The monoisotopic (exact) mass is 152 g/mol. The van der Waals surface area contributed by atoms with Crippen molar-refractivity contribution in [3.05, 3.63) is 5.82 Å². The van der Waals surface area contributed by atoms with Gasteiger partial charge in [-0.05, 0) is 37.1 Å². The minimum absolute atomic E-state index is 0.389. The van der Waals surface area contributed by atoms with Crippen LogP contribution in [0.25, 0.3) is 0 Å². The zero-order valence-corrected chi connectivity index (χ0v) is 6.86. The zero-order valence-electron chi connectivity index (χ0n) is 6.86. The molecule has 2 rings (SSSR count). The summed E-state index contributed by atoms with van der Waals surface area (Å²) in [7, 11) is 0. The zero-order chi connectivity index (χ0) is 7.84. The first-order valence-corrected chi connectivity index (χ1v) is 4.07. The van der Waals surface area contributed by atoms with Crippen LogP contribution in [0.5, 0.6) is 0 Å². The Hall–Kier alpha value is -0.930. The Labute approximate surface area is 65.6 Å². The van der Waals surface area contributed by atoms with Crippen LogP contribution in [0.15, 0.2) is 0 Å². The van der Waals surface area contributed by atoms with E-state index in [1.807, 2.05) is 4.68 Å². The third-order valence-corrected chi connectivity index (χ3v) is 1.95. The second-order valence-electron chi connectivity index (χ2n) is 3.35. The van der Waals surface area contributed by atoms with Crippen molar-refractivity contribution in [1.82, 2.24) is 20.2 Å². The third kappa shape index (κ3) is 1.13. The van der Waals surface area contributed by atoms with Crippen LogP contribution in [0.2, 0.25) is 0 Å². The van der Waals surface area contributed by atoms with Crippen LogP contribution in [-0.2, 0) is 0 Å². The Morgan fingerprint density at radius 2 is 2.18 bits per heavy atom. The van der Waals surface area contributed by atoms with Gasteiger partial charge in [-0.15, -0.1) is 5.10 Å². The van der Waals surface area contributed by atoms with Crippen LogP contribution < -0.4 is 0 Å². The number of tetrazole rings is 1. The molecule has 0 radical (unpaired) electrons. The molecule has 0 unspecified atom stereocenters. The largest absolute Gasteiger partial charge is 0.227 e. The lowest BCUT2D eigenvalue weighted by Crippen LogP contribution is -2.07. The molecule has 4 nitrogen and oxygen atoms in total. The molecule has 4 heteroatoms. The van der Waals surface area contributed by atoms with Crippen LogP contribution >= 0.6 is 0 Å². The maximum atomic E-state index is 4.00. The van der Waals surface area contributed by atoms with Crippen molar-refractivity contribution in [2.45, 2.75) is 38.6 Å². The molecular formula is C7H12N4. The molecule has 0 N–H and O–H groups in total. The van der Waals surface area contributed by atoms with Crippen LogP contribution in [0.1, 0.15) is 44.5 Å². The van der Waals surface area contributed by atoms with E-state index < -0.39 is 0 Å². The summed E-state index contributed by atoms with van der Waals surface area (Å²) < 4.78 is 1.91. The molecule has 1 saturated carbocycles. The van der Waals surface area contributed by atoms with Crippen molar-refractivity contribution in [3.63, 3.8) is 0 Å². The lowest BCUT2D eigenvalue weighted by atomic mass is 10.3. The number of nitrogens with zero attached hydrogens (tertiary/aromatic N) is 4. The van der Waals surface area contributed by atoms with Gasteiger partial charge < -0.3 is 0 Å². The van der Waals surface area contributed by atoms with Crippen LogP contribution in [0, 0.1) is 0 Å². The quantitative estimate of drug-likeness (QED) is 0.638. The van der Waals surface area contributed by atoms with Crippen molar-refractivity contribution in [2.75, 3.05) is 0 Å². The molecule has 0 saturated heterocycles. The first-order chi connectivity index (χ1) is 5.29. The second kappa shape index (κ2) is 2.29. The summed E-state index contributed by atoms with van der Waals surface area (Å²) in [5, 5.41) is 11.6. The summed E-state index contributed by atoms with van der Waals surface area (Å²) in [5.41, 5.74) is 0. The Morgan fingerprint density at radius 3 is 2.73 bits per heavy atom. The maximum Gasteiger partial charge on any atom is 0.154 e. The highest BCUT2D eigenvalue weighted by atomic mass is 15.5. The SMILES string of the molecule is CC(C)n1nnnc1C1CC1.